The van der Waals surface area contributed by atoms with E-state index in [0.717, 1.165) is 22.0 Å². The summed E-state index contributed by atoms with van der Waals surface area (Å²) in [6.07, 6.45) is 2.91. The van der Waals surface area contributed by atoms with E-state index in [0.29, 0.717) is 0 Å². The van der Waals surface area contributed by atoms with Crippen LogP contribution >= 0.6 is 11.8 Å². The molecule has 2 nitrogen and oxygen atoms in total. The molecule has 0 saturated carbocycles. The Morgan fingerprint density at radius 3 is 2.92 bits per heavy atom. The van der Waals surface area contributed by atoms with E-state index in [2.05, 4.69) is 11.9 Å². The van der Waals surface area contributed by atoms with Crippen LogP contribution in [0.3, 0.4) is 0 Å². The number of anilines is 1. The smallest absolute Gasteiger partial charge is 0.0964 e. The minimum absolute atomic E-state index is 0.774. The van der Waals surface area contributed by atoms with Crippen molar-refractivity contribution < 1.29 is 0 Å². The Bertz CT molecular complexity index is 261. The lowest BCUT2D eigenvalue weighted by Crippen LogP contribution is -1.92. The zero-order chi connectivity index (χ0) is 8.97. The second-order valence-electron chi connectivity index (χ2n) is 2.73. The molecule has 0 amide bonds. The van der Waals surface area contributed by atoms with Gasteiger partial charge in [-0.25, -0.2) is 4.98 Å². The van der Waals surface area contributed by atoms with E-state index in [1.165, 1.54) is 6.42 Å². The molecule has 0 atom stereocenters. The molecule has 0 aliphatic carbocycles. The molecular formula is C9H14N2S. The molecule has 1 aromatic rings. The normalized spacial score (nSPS) is 10.2. The number of thioether (sulfide) groups is 1. The average Bonchev–Trinajstić information content (AvgIpc) is 2.07. The van der Waals surface area contributed by atoms with Crippen LogP contribution in [-0.2, 0) is 0 Å². The summed E-state index contributed by atoms with van der Waals surface area (Å²) in [7, 11) is 0. The molecule has 1 rings (SSSR count). The van der Waals surface area contributed by atoms with Crippen LogP contribution < -0.4 is 5.73 Å². The second-order valence-corrected chi connectivity index (χ2v) is 3.84. The van der Waals surface area contributed by atoms with Crippen LogP contribution in [0.2, 0.25) is 0 Å². The number of nitrogens with two attached hydrogens (primary N) is 1. The Kier molecular flexibility index (Phi) is 3.41. The molecule has 0 saturated heterocycles. The lowest BCUT2D eigenvalue weighted by Gasteiger charge is -2.02. The zero-order valence-electron chi connectivity index (χ0n) is 7.50. The monoisotopic (exact) mass is 182 g/mol. The summed E-state index contributed by atoms with van der Waals surface area (Å²) < 4.78 is 0. The van der Waals surface area contributed by atoms with Crippen molar-refractivity contribution in [2.45, 2.75) is 25.3 Å². The highest BCUT2D eigenvalue weighted by Gasteiger charge is 1.97. The number of aryl methyl sites for hydroxylation is 1. The van der Waals surface area contributed by atoms with Gasteiger partial charge in [0.25, 0.3) is 0 Å². The molecule has 0 aliphatic heterocycles. The number of hydrogen-bond donors (Lipinski definition) is 1. The van der Waals surface area contributed by atoms with Crippen LogP contribution in [0.25, 0.3) is 0 Å². The van der Waals surface area contributed by atoms with Crippen LogP contribution in [0.1, 0.15) is 18.9 Å². The van der Waals surface area contributed by atoms with Crippen LogP contribution in [0.5, 0.6) is 0 Å². The third-order valence-electron chi connectivity index (χ3n) is 1.58. The van der Waals surface area contributed by atoms with Crippen LogP contribution in [-0.4, -0.2) is 10.7 Å². The first-order valence-electron chi connectivity index (χ1n) is 4.09. The summed E-state index contributed by atoms with van der Waals surface area (Å²) in [6.45, 7) is 4.17. The van der Waals surface area contributed by atoms with Gasteiger partial charge < -0.3 is 5.73 Å². The van der Waals surface area contributed by atoms with Gasteiger partial charge in [-0.1, -0.05) is 6.92 Å². The quantitative estimate of drug-likeness (QED) is 0.730. The van der Waals surface area contributed by atoms with Crippen molar-refractivity contribution in [3.8, 4) is 0 Å². The fourth-order valence-electron chi connectivity index (χ4n) is 0.826. The molecule has 0 radical (unpaired) electrons. The van der Waals surface area contributed by atoms with E-state index in [1.807, 2.05) is 13.0 Å². The highest BCUT2D eigenvalue weighted by atomic mass is 32.2. The SMILES string of the molecule is CCCSc1cc(C)c(N)cn1. The van der Waals surface area contributed by atoms with Gasteiger partial charge in [0.15, 0.2) is 0 Å². The Hall–Kier alpha value is -0.700. The first-order chi connectivity index (χ1) is 5.74. The van der Waals surface area contributed by atoms with Crippen LogP contribution in [0.15, 0.2) is 17.3 Å². The highest BCUT2D eigenvalue weighted by molar-refractivity contribution is 7.99. The van der Waals surface area contributed by atoms with E-state index in [9.17, 15) is 0 Å². The Morgan fingerprint density at radius 1 is 1.58 bits per heavy atom. The maximum absolute atomic E-state index is 5.65. The van der Waals surface area contributed by atoms with E-state index in [4.69, 9.17) is 5.73 Å². The molecule has 0 aromatic carbocycles. The maximum Gasteiger partial charge on any atom is 0.0964 e. The van der Waals surface area contributed by atoms with Crippen molar-refractivity contribution in [1.29, 1.82) is 0 Å². The Labute approximate surface area is 77.6 Å². The number of aromatic nitrogens is 1. The van der Waals surface area contributed by atoms with Gasteiger partial charge in [0, 0.05) is 0 Å². The van der Waals surface area contributed by atoms with Gasteiger partial charge in [-0.15, -0.1) is 11.8 Å². The fourth-order valence-corrected chi connectivity index (χ4v) is 1.63. The number of pyridine rings is 1. The fraction of sp³-hybridized carbons (Fsp3) is 0.444. The summed E-state index contributed by atoms with van der Waals surface area (Å²) in [4.78, 5) is 4.21. The summed E-state index contributed by atoms with van der Waals surface area (Å²) in [5.41, 5.74) is 7.53. The van der Waals surface area contributed by atoms with Crippen molar-refractivity contribution >= 4 is 17.4 Å². The minimum Gasteiger partial charge on any atom is -0.397 e. The standard InChI is InChI=1S/C9H14N2S/c1-3-4-12-9-5-7(2)8(10)6-11-9/h5-6H,3-4,10H2,1-2H3. The third-order valence-corrected chi connectivity index (χ3v) is 2.71. The Morgan fingerprint density at radius 2 is 2.33 bits per heavy atom. The Balaban J connectivity index is 2.69. The van der Waals surface area contributed by atoms with E-state index >= 15 is 0 Å². The molecule has 0 spiro atoms. The predicted molar refractivity (Wildman–Crippen MR) is 54.4 cm³/mol. The molecule has 1 aromatic heterocycles. The van der Waals surface area contributed by atoms with Crippen molar-refractivity contribution in [2.75, 3.05) is 11.5 Å². The molecule has 0 unspecified atom stereocenters. The average molecular weight is 182 g/mol. The molecule has 12 heavy (non-hydrogen) atoms. The lowest BCUT2D eigenvalue weighted by molar-refractivity contribution is 1.08. The molecule has 66 valence electrons. The summed E-state index contributed by atoms with van der Waals surface area (Å²) in [5, 5.41) is 1.07. The van der Waals surface area contributed by atoms with E-state index in [1.54, 1.807) is 18.0 Å². The topological polar surface area (TPSA) is 38.9 Å². The predicted octanol–water partition coefficient (Wildman–Crippen LogP) is 2.47. The zero-order valence-corrected chi connectivity index (χ0v) is 8.32. The van der Waals surface area contributed by atoms with Crippen molar-refractivity contribution in [2.24, 2.45) is 0 Å². The molecule has 1 heterocycles. The summed E-state index contributed by atoms with van der Waals surface area (Å²) >= 11 is 1.78. The van der Waals surface area contributed by atoms with Gasteiger partial charge in [0.2, 0.25) is 0 Å². The molecule has 2 N–H and O–H groups in total. The minimum atomic E-state index is 0.774. The maximum atomic E-state index is 5.65. The first-order valence-corrected chi connectivity index (χ1v) is 5.07. The van der Waals surface area contributed by atoms with Crippen LogP contribution in [0.4, 0.5) is 5.69 Å². The van der Waals surface area contributed by atoms with Gasteiger partial charge in [0.05, 0.1) is 16.9 Å². The van der Waals surface area contributed by atoms with Gasteiger partial charge >= 0.3 is 0 Å². The number of nitrogens with zero attached hydrogens (tertiary/aromatic N) is 1. The molecule has 0 fully saturated rings. The van der Waals surface area contributed by atoms with E-state index in [-0.39, 0.29) is 0 Å². The van der Waals surface area contributed by atoms with Crippen LogP contribution in [0, 0.1) is 6.92 Å². The number of hydrogen-bond acceptors (Lipinski definition) is 3. The lowest BCUT2D eigenvalue weighted by atomic mass is 10.3. The van der Waals surface area contributed by atoms with Gasteiger partial charge in [-0.3, -0.25) is 0 Å². The van der Waals surface area contributed by atoms with Crippen molar-refractivity contribution in [3.63, 3.8) is 0 Å². The molecule has 0 bridgehead atoms. The molecule has 0 aliphatic rings. The first kappa shape index (κ1) is 9.39. The number of rotatable bonds is 3. The number of nitrogen functional groups attached to an aromatic ring is 1. The summed E-state index contributed by atoms with van der Waals surface area (Å²) in [5.74, 6) is 1.12. The largest absolute Gasteiger partial charge is 0.397 e. The van der Waals surface area contributed by atoms with Crippen molar-refractivity contribution in [3.05, 3.63) is 17.8 Å². The van der Waals surface area contributed by atoms with Gasteiger partial charge in [-0.05, 0) is 30.7 Å². The van der Waals surface area contributed by atoms with Gasteiger partial charge in [0.1, 0.15) is 0 Å². The third kappa shape index (κ3) is 2.41. The highest BCUT2D eigenvalue weighted by Crippen LogP contribution is 2.19. The molecule has 3 heteroatoms. The summed E-state index contributed by atoms with van der Waals surface area (Å²) in [6, 6.07) is 2.04. The van der Waals surface area contributed by atoms with Crippen molar-refractivity contribution in [1.82, 2.24) is 4.98 Å². The molecular weight excluding hydrogens is 168 g/mol. The van der Waals surface area contributed by atoms with E-state index < -0.39 is 0 Å². The van der Waals surface area contributed by atoms with Gasteiger partial charge in [-0.2, -0.15) is 0 Å². The second kappa shape index (κ2) is 4.36.